The molecule has 0 aliphatic heterocycles. The molecule has 0 bridgehead atoms. The molecule has 0 heterocycles. The predicted molar refractivity (Wildman–Crippen MR) is 75.7 cm³/mol. The van der Waals surface area contributed by atoms with Gasteiger partial charge in [0.05, 0.1) is 0 Å². The number of hydrogen-bond acceptors (Lipinski definition) is 0. The van der Waals surface area contributed by atoms with Crippen LogP contribution >= 0.6 is 0 Å². The summed E-state index contributed by atoms with van der Waals surface area (Å²) in [5.74, 6) is -4.69. The van der Waals surface area contributed by atoms with Gasteiger partial charge in [-0.1, -0.05) is 30.3 Å². The fourth-order valence-corrected chi connectivity index (χ4v) is 1.84. The van der Waals surface area contributed by atoms with E-state index in [-0.39, 0.29) is 11.1 Å². The topological polar surface area (TPSA) is 0 Å². The van der Waals surface area contributed by atoms with Crippen molar-refractivity contribution in [3.63, 3.8) is 0 Å². The van der Waals surface area contributed by atoms with E-state index in [9.17, 15) is 17.6 Å². The van der Waals surface area contributed by atoms with Crippen LogP contribution in [0.4, 0.5) is 17.6 Å². The molecule has 0 unspecified atom stereocenters. The molecule has 21 heavy (non-hydrogen) atoms. The van der Waals surface area contributed by atoms with Gasteiger partial charge in [-0.15, -0.1) is 6.58 Å². The number of halogens is 4. The molecule has 0 fully saturated rings. The first-order valence-electron chi connectivity index (χ1n) is 6.24. The number of rotatable bonds is 4. The Morgan fingerprint density at radius 1 is 0.857 bits per heavy atom. The zero-order valence-electron chi connectivity index (χ0n) is 11.0. The molecular formula is C17H12F4. The normalized spacial score (nSPS) is 12.0. The minimum atomic E-state index is -1.23. The predicted octanol–water partition coefficient (Wildman–Crippen LogP) is 5.46. The molecule has 0 spiro atoms. The highest BCUT2D eigenvalue weighted by Crippen LogP contribution is 2.29. The highest BCUT2D eigenvalue weighted by atomic mass is 19.2. The van der Waals surface area contributed by atoms with Crippen LogP contribution in [0.5, 0.6) is 0 Å². The van der Waals surface area contributed by atoms with E-state index in [1.807, 2.05) is 0 Å². The van der Waals surface area contributed by atoms with E-state index in [1.165, 1.54) is 12.1 Å². The maximum atomic E-state index is 14.0. The fourth-order valence-electron chi connectivity index (χ4n) is 1.84. The van der Waals surface area contributed by atoms with E-state index < -0.39 is 23.3 Å². The van der Waals surface area contributed by atoms with Crippen molar-refractivity contribution >= 4 is 11.7 Å². The first-order chi connectivity index (χ1) is 10.0. The maximum absolute atomic E-state index is 14.0. The van der Waals surface area contributed by atoms with Crippen LogP contribution in [-0.2, 0) is 6.42 Å². The summed E-state index contributed by atoms with van der Waals surface area (Å²) in [5, 5.41) is 0. The lowest BCUT2D eigenvalue weighted by Gasteiger charge is -2.04. The zero-order valence-corrected chi connectivity index (χ0v) is 11.0. The molecule has 0 aromatic heterocycles. The Morgan fingerprint density at radius 2 is 1.43 bits per heavy atom. The molecular weight excluding hydrogens is 280 g/mol. The van der Waals surface area contributed by atoms with Crippen LogP contribution in [0, 0.1) is 11.6 Å². The van der Waals surface area contributed by atoms with Crippen LogP contribution in [0.3, 0.4) is 0 Å². The Bertz CT molecular complexity index is 684. The average molecular weight is 292 g/mol. The van der Waals surface area contributed by atoms with Crippen LogP contribution in [0.2, 0.25) is 0 Å². The number of hydrogen-bond donors (Lipinski definition) is 0. The van der Waals surface area contributed by atoms with Gasteiger partial charge in [0.2, 0.25) is 0 Å². The lowest BCUT2D eigenvalue weighted by Crippen LogP contribution is -1.89. The second-order valence-corrected chi connectivity index (χ2v) is 4.45. The van der Waals surface area contributed by atoms with Gasteiger partial charge in [0.15, 0.2) is 23.3 Å². The molecule has 0 aliphatic carbocycles. The summed E-state index contributed by atoms with van der Waals surface area (Å²) < 4.78 is 53.8. The second-order valence-electron chi connectivity index (χ2n) is 4.45. The molecule has 0 atom stereocenters. The van der Waals surface area contributed by atoms with Gasteiger partial charge < -0.3 is 0 Å². The zero-order chi connectivity index (χ0) is 15.4. The van der Waals surface area contributed by atoms with Crippen LogP contribution in [0.15, 0.2) is 55.1 Å². The molecule has 0 radical (unpaired) electrons. The largest absolute Gasteiger partial charge is 0.204 e. The van der Waals surface area contributed by atoms with Gasteiger partial charge in [0.1, 0.15) is 0 Å². The summed E-state index contributed by atoms with van der Waals surface area (Å²) in [4.78, 5) is 0. The standard InChI is InChI=1S/C17H12F4/c1-2-3-11-4-6-12(7-5-11)16(20)17(21)13-8-9-14(18)15(19)10-13/h2,4-10H,1,3H2. The van der Waals surface area contributed by atoms with E-state index in [1.54, 1.807) is 18.2 Å². The molecule has 0 nitrogen and oxygen atoms in total. The molecule has 0 amide bonds. The molecule has 4 heteroatoms. The van der Waals surface area contributed by atoms with E-state index in [2.05, 4.69) is 6.58 Å². The van der Waals surface area contributed by atoms with Gasteiger partial charge in [-0.25, -0.2) is 17.6 Å². The van der Waals surface area contributed by atoms with E-state index in [4.69, 9.17) is 0 Å². The minimum Gasteiger partial charge on any atom is -0.204 e. The van der Waals surface area contributed by atoms with Gasteiger partial charge in [0.25, 0.3) is 0 Å². The Balaban J connectivity index is 2.36. The second kappa shape index (κ2) is 6.39. The maximum Gasteiger partial charge on any atom is 0.166 e. The first-order valence-corrected chi connectivity index (χ1v) is 6.24. The number of allylic oxidation sites excluding steroid dienone is 1. The minimum absolute atomic E-state index is 0.0324. The summed E-state index contributed by atoms with van der Waals surface area (Å²) in [6.07, 6.45) is 2.32. The fraction of sp³-hybridized carbons (Fsp3) is 0.0588. The molecule has 0 saturated carbocycles. The highest BCUT2D eigenvalue weighted by molar-refractivity contribution is 5.83. The summed E-state index contributed by atoms with van der Waals surface area (Å²) in [6, 6.07) is 8.51. The van der Waals surface area contributed by atoms with Crippen LogP contribution in [0.1, 0.15) is 16.7 Å². The van der Waals surface area contributed by atoms with Crippen molar-refractivity contribution < 1.29 is 17.6 Å². The summed E-state index contributed by atoms with van der Waals surface area (Å²) in [5.41, 5.74) is 0.599. The van der Waals surface area contributed by atoms with Gasteiger partial charge in [0, 0.05) is 11.1 Å². The smallest absolute Gasteiger partial charge is 0.166 e. The van der Waals surface area contributed by atoms with Gasteiger partial charge in [-0.2, -0.15) is 0 Å². The molecule has 108 valence electrons. The summed E-state index contributed by atoms with van der Waals surface area (Å²) in [7, 11) is 0. The van der Waals surface area contributed by atoms with Crippen molar-refractivity contribution in [3.8, 4) is 0 Å². The van der Waals surface area contributed by atoms with Gasteiger partial charge in [-0.05, 0) is 30.2 Å². The molecule has 0 aliphatic rings. The average Bonchev–Trinajstić information content (AvgIpc) is 2.50. The lowest BCUT2D eigenvalue weighted by atomic mass is 10.1. The van der Waals surface area contributed by atoms with E-state index in [0.29, 0.717) is 12.5 Å². The van der Waals surface area contributed by atoms with Crippen molar-refractivity contribution in [3.05, 3.63) is 83.4 Å². The Hall–Kier alpha value is -2.36. The van der Waals surface area contributed by atoms with Crippen molar-refractivity contribution in [1.29, 1.82) is 0 Å². The van der Waals surface area contributed by atoms with Gasteiger partial charge >= 0.3 is 0 Å². The number of benzene rings is 2. The van der Waals surface area contributed by atoms with E-state index in [0.717, 1.165) is 17.7 Å². The Morgan fingerprint density at radius 3 is 2.00 bits per heavy atom. The third kappa shape index (κ3) is 3.40. The van der Waals surface area contributed by atoms with Crippen LogP contribution in [0.25, 0.3) is 11.7 Å². The third-order valence-electron chi connectivity index (χ3n) is 2.95. The van der Waals surface area contributed by atoms with Crippen LogP contribution < -0.4 is 0 Å². The summed E-state index contributed by atoms with van der Waals surface area (Å²) >= 11 is 0. The van der Waals surface area contributed by atoms with Crippen molar-refractivity contribution in [2.75, 3.05) is 0 Å². The Labute approximate surface area is 120 Å². The molecule has 2 aromatic carbocycles. The molecule has 0 saturated heterocycles. The van der Waals surface area contributed by atoms with Gasteiger partial charge in [-0.3, -0.25) is 0 Å². The highest BCUT2D eigenvalue weighted by Gasteiger charge is 2.13. The quantitative estimate of drug-likeness (QED) is 0.399. The first kappa shape index (κ1) is 15.0. The summed E-state index contributed by atoms with van der Waals surface area (Å²) in [6.45, 7) is 3.59. The molecule has 2 aromatic rings. The van der Waals surface area contributed by atoms with Crippen LogP contribution in [-0.4, -0.2) is 0 Å². The Kier molecular flexibility index (Phi) is 4.58. The van der Waals surface area contributed by atoms with Crippen molar-refractivity contribution in [2.24, 2.45) is 0 Å². The van der Waals surface area contributed by atoms with Crippen molar-refractivity contribution in [1.82, 2.24) is 0 Å². The lowest BCUT2D eigenvalue weighted by molar-refractivity contribution is 0.507. The van der Waals surface area contributed by atoms with E-state index >= 15 is 0 Å². The SMILES string of the molecule is C=CCc1ccc(C(F)=C(F)c2ccc(F)c(F)c2)cc1. The monoisotopic (exact) mass is 292 g/mol. The third-order valence-corrected chi connectivity index (χ3v) is 2.95. The van der Waals surface area contributed by atoms with Crippen molar-refractivity contribution in [2.45, 2.75) is 6.42 Å². The molecule has 0 N–H and O–H groups in total. The molecule has 2 rings (SSSR count).